The van der Waals surface area contributed by atoms with E-state index in [1.165, 1.54) is 22.2 Å². The Morgan fingerprint density at radius 2 is 1.94 bits per heavy atom. The van der Waals surface area contributed by atoms with Gasteiger partial charge in [0.05, 0.1) is 18.7 Å². The molecule has 1 saturated heterocycles. The van der Waals surface area contributed by atoms with Gasteiger partial charge in [0.15, 0.2) is 0 Å². The molecule has 4 aliphatic rings. The fourth-order valence-corrected chi connectivity index (χ4v) is 7.18. The highest BCUT2D eigenvalue weighted by Gasteiger charge is 2.67. The van der Waals surface area contributed by atoms with E-state index in [0.29, 0.717) is 6.04 Å². The first-order valence-electron chi connectivity index (χ1n) is 12.0. The topological polar surface area (TPSA) is 26.6 Å². The Morgan fingerprint density at radius 3 is 2.73 bits per heavy atom. The fourth-order valence-electron chi connectivity index (χ4n) is 7.18. The van der Waals surface area contributed by atoms with E-state index in [9.17, 15) is 0 Å². The summed E-state index contributed by atoms with van der Waals surface area (Å²) in [6, 6.07) is 17.2. The van der Waals surface area contributed by atoms with Crippen LogP contribution < -0.4 is 4.74 Å². The number of fused-ring (bicyclic) bond motifs is 5. The Morgan fingerprint density at radius 1 is 1.12 bits per heavy atom. The highest BCUT2D eigenvalue weighted by Crippen LogP contribution is 2.67. The van der Waals surface area contributed by atoms with Crippen molar-refractivity contribution < 1.29 is 9.47 Å². The van der Waals surface area contributed by atoms with Crippen LogP contribution in [0.4, 0.5) is 0 Å². The number of hydrogen-bond donors (Lipinski definition) is 0. The maximum atomic E-state index is 7.05. The van der Waals surface area contributed by atoms with E-state index in [4.69, 9.17) is 9.47 Å². The quantitative estimate of drug-likeness (QED) is 0.505. The second-order valence-electron chi connectivity index (χ2n) is 10.1. The molecule has 2 aromatic carbocycles. The van der Waals surface area contributed by atoms with E-state index >= 15 is 0 Å². The molecule has 4 nitrogen and oxygen atoms in total. The predicted octanol–water partition coefficient (Wildman–Crippen LogP) is 5.37. The summed E-state index contributed by atoms with van der Waals surface area (Å²) in [5, 5.41) is 1.40. The first kappa shape index (κ1) is 19.3. The van der Waals surface area contributed by atoms with Gasteiger partial charge in [-0.1, -0.05) is 37.0 Å². The van der Waals surface area contributed by atoms with Crippen LogP contribution in [-0.4, -0.2) is 29.2 Å². The number of hydrogen-bond acceptors (Lipinski definition) is 3. The summed E-state index contributed by atoms with van der Waals surface area (Å²) in [7, 11) is 1.69. The first-order valence-corrected chi connectivity index (χ1v) is 12.0. The molecular weight excluding hydrogens is 408 g/mol. The SMILES string of the molecule is CC[C@@]12C[C@@]3(C)O[C@@H]1C(C#Cc1ccc(OC)cc1)=CN1CCc4c(n3c3ccccc43)[C@@H]12. The zero-order chi connectivity index (χ0) is 22.4. The minimum Gasteiger partial charge on any atom is -0.497 e. The number of methoxy groups -OCH3 is 1. The smallest absolute Gasteiger partial charge is 0.143 e. The van der Waals surface area contributed by atoms with Gasteiger partial charge >= 0.3 is 0 Å². The fraction of sp³-hybridized carbons (Fsp3) is 0.379. The lowest BCUT2D eigenvalue weighted by atomic mass is 9.63. The molecular formula is C29H28N2O2. The lowest BCUT2D eigenvalue weighted by molar-refractivity contribution is -0.0707. The minimum absolute atomic E-state index is 0.0177. The summed E-state index contributed by atoms with van der Waals surface area (Å²) in [5.74, 6) is 7.78. The van der Waals surface area contributed by atoms with Crippen LogP contribution in [-0.2, 0) is 16.9 Å². The van der Waals surface area contributed by atoms with Crippen molar-refractivity contribution in [1.29, 1.82) is 0 Å². The summed E-state index contributed by atoms with van der Waals surface area (Å²) in [6.45, 7) is 5.66. The van der Waals surface area contributed by atoms with E-state index in [1.807, 2.05) is 24.3 Å². The van der Waals surface area contributed by atoms with Crippen LogP contribution in [0.15, 0.2) is 60.3 Å². The van der Waals surface area contributed by atoms with Gasteiger partial charge < -0.3 is 18.9 Å². The molecule has 33 heavy (non-hydrogen) atoms. The second-order valence-corrected chi connectivity index (χ2v) is 10.1. The third kappa shape index (κ3) is 2.36. The van der Waals surface area contributed by atoms with Gasteiger partial charge in [-0.2, -0.15) is 0 Å². The van der Waals surface area contributed by atoms with Crippen LogP contribution in [0.3, 0.4) is 0 Å². The van der Waals surface area contributed by atoms with Crippen molar-refractivity contribution in [3.63, 3.8) is 0 Å². The third-order valence-electron chi connectivity index (χ3n) is 8.49. The zero-order valence-electron chi connectivity index (χ0n) is 19.4. The molecule has 0 radical (unpaired) electrons. The molecule has 3 aromatic rings. The Hall–Kier alpha value is -3.16. The summed E-state index contributed by atoms with van der Waals surface area (Å²) in [4.78, 5) is 2.57. The molecule has 0 saturated carbocycles. The van der Waals surface area contributed by atoms with Crippen molar-refractivity contribution in [2.75, 3.05) is 13.7 Å². The Kier molecular flexibility index (Phi) is 3.78. The molecule has 2 bridgehead atoms. The molecule has 0 amide bonds. The van der Waals surface area contributed by atoms with Gasteiger partial charge in [-0.15, -0.1) is 0 Å². The van der Waals surface area contributed by atoms with Crippen molar-refractivity contribution in [2.45, 2.75) is 51.0 Å². The number of aromatic nitrogens is 1. The van der Waals surface area contributed by atoms with E-state index in [-0.39, 0.29) is 17.2 Å². The molecule has 4 atom stereocenters. The lowest BCUT2D eigenvalue weighted by Gasteiger charge is -2.53. The minimum atomic E-state index is -0.349. The van der Waals surface area contributed by atoms with Crippen molar-refractivity contribution in [3.05, 3.63) is 77.1 Å². The van der Waals surface area contributed by atoms with Gasteiger partial charge in [0.2, 0.25) is 0 Å². The Bertz CT molecular complexity index is 1390. The standard InChI is InChI=1S/C29H28N2O2/c1-4-29-18-28(2)31-24-8-6-5-7-22(24)23-15-16-30(26(29)25(23)31)17-20(27(29)33-28)12-9-19-10-13-21(32-3)14-11-19/h5-8,10-11,13-14,17,26-27H,4,15-16,18H2,1-3H3/t26-,27-,28-,29+/m1/s1. The maximum absolute atomic E-state index is 7.05. The van der Waals surface area contributed by atoms with Gasteiger partial charge in [0.25, 0.3) is 0 Å². The van der Waals surface area contributed by atoms with Crippen molar-refractivity contribution in [2.24, 2.45) is 5.41 Å². The van der Waals surface area contributed by atoms with Gasteiger partial charge in [-0.05, 0) is 55.7 Å². The van der Waals surface area contributed by atoms with Gasteiger partial charge in [-0.25, -0.2) is 0 Å². The Balaban J connectivity index is 1.40. The van der Waals surface area contributed by atoms with Gasteiger partial charge in [0, 0.05) is 46.8 Å². The van der Waals surface area contributed by atoms with E-state index in [1.54, 1.807) is 7.11 Å². The summed E-state index contributed by atoms with van der Waals surface area (Å²) >= 11 is 0. The van der Waals surface area contributed by atoms with Crippen LogP contribution in [0.1, 0.15) is 49.6 Å². The van der Waals surface area contributed by atoms with Crippen LogP contribution in [0.2, 0.25) is 0 Å². The summed E-state index contributed by atoms with van der Waals surface area (Å²) in [6.07, 6.45) is 5.49. The highest BCUT2D eigenvalue weighted by molar-refractivity contribution is 5.87. The third-order valence-corrected chi connectivity index (χ3v) is 8.49. The van der Waals surface area contributed by atoms with Crippen LogP contribution in [0, 0.1) is 17.3 Å². The number of ether oxygens (including phenoxy) is 2. The normalized spacial score (nSPS) is 30.6. The van der Waals surface area contributed by atoms with E-state index in [0.717, 1.165) is 42.7 Å². The predicted molar refractivity (Wildman–Crippen MR) is 129 cm³/mol. The van der Waals surface area contributed by atoms with Crippen LogP contribution in [0.25, 0.3) is 10.9 Å². The Labute approximate surface area is 194 Å². The molecule has 0 spiro atoms. The number of para-hydroxylation sites is 1. The number of rotatable bonds is 2. The lowest BCUT2D eigenvalue weighted by Crippen LogP contribution is -2.53. The van der Waals surface area contributed by atoms with Crippen molar-refractivity contribution in [3.8, 4) is 17.6 Å². The van der Waals surface area contributed by atoms with Crippen LogP contribution >= 0.6 is 0 Å². The molecule has 4 heteroatoms. The maximum Gasteiger partial charge on any atom is 0.143 e. The largest absolute Gasteiger partial charge is 0.497 e. The molecule has 166 valence electrons. The molecule has 7 rings (SSSR count). The molecule has 0 N–H and O–H groups in total. The summed E-state index contributed by atoms with van der Waals surface area (Å²) < 4.78 is 14.9. The zero-order valence-corrected chi connectivity index (χ0v) is 19.4. The highest BCUT2D eigenvalue weighted by atomic mass is 16.5. The van der Waals surface area contributed by atoms with Crippen molar-refractivity contribution in [1.82, 2.24) is 9.47 Å². The van der Waals surface area contributed by atoms with Crippen LogP contribution in [0.5, 0.6) is 5.75 Å². The van der Waals surface area contributed by atoms with Crippen molar-refractivity contribution >= 4 is 10.9 Å². The molecule has 1 fully saturated rings. The monoisotopic (exact) mass is 436 g/mol. The molecule has 0 aliphatic carbocycles. The molecule has 4 aliphatic heterocycles. The molecule has 5 heterocycles. The average molecular weight is 437 g/mol. The number of nitrogens with zero attached hydrogens (tertiary/aromatic N) is 2. The average Bonchev–Trinajstić information content (AvgIpc) is 3.34. The van der Waals surface area contributed by atoms with E-state index in [2.05, 4.69) is 65.6 Å². The number of benzene rings is 2. The molecule has 1 aromatic heterocycles. The van der Waals surface area contributed by atoms with Gasteiger partial charge in [0.1, 0.15) is 17.6 Å². The second kappa shape index (κ2) is 6.46. The van der Waals surface area contributed by atoms with E-state index < -0.39 is 0 Å². The first-order chi connectivity index (χ1) is 16.1. The summed E-state index contributed by atoms with van der Waals surface area (Å²) in [5.41, 5.74) is 6.14. The molecule has 0 unspecified atom stereocenters. The van der Waals surface area contributed by atoms with Gasteiger partial charge in [-0.3, -0.25) is 0 Å².